The van der Waals surface area contributed by atoms with Gasteiger partial charge in [-0.2, -0.15) is 8.78 Å². The first-order chi connectivity index (χ1) is 12.9. The standard InChI is InChI=1S/C19H17F3N4O/c1-2-17(27)25-11-13-5-8-16(12-3-6-14(20)7-4-12)26-18(13)15(23)9-10-24-19(21)22/h2-10,19H,1,11,23H2,(H,25,27)/b15-9-,24-10+. The van der Waals surface area contributed by atoms with Crippen LogP contribution >= 0.6 is 0 Å². The molecule has 1 amide bonds. The molecule has 5 nitrogen and oxygen atoms in total. The van der Waals surface area contributed by atoms with Crippen LogP contribution in [0.4, 0.5) is 13.2 Å². The number of halogens is 3. The second-order valence-corrected chi connectivity index (χ2v) is 5.33. The van der Waals surface area contributed by atoms with Crippen molar-refractivity contribution in [2.24, 2.45) is 10.7 Å². The summed E-state index contributed by atoms with van der Waals surface area (Å²) in [4.78, 5) is 18.8. The van der Waals surface area contributed by atoms with Crippen molar-refractivity contribution < 1.29 is 18.0 Å². The number of aromatic nitrogens is 1. The predicted octanol–water partition coefficient (Wildman–Crippen LogP) is 3.28. The maximum absolute atomic E-state index is 13.1. The average Bonchev–Trinajstić information content (AvgIpc) is 2.66. The first-order valence-corrected chi connectivity index (χ1v) is 7.84. The largest absolute Gasteiger partial charge is 0.397 e. The van der Waals surface area contributed by atoms with E-state index >= 15 is 0 Å². The summed E-state index contributed by atoms with van der Waals surface area (Å²) in [6.45, 7) is 0.626. The second-order valence-electron chi connectivity index (χ2n) is 5.33. The number of amides is 1. The van der Waals surface area contributed by atoms with E-state index in [-0.39, 0.29) is 24.0 Å². The van der Waals surface area contributed by atoms with Gasteiger partial charge in [0, 0.05) is 18.3 Å². The van der Waals surface area contributed by atoms with Crippen LogP contribution < -0.4 is 11.1 Å². The molecule has 0 unspecified atom stereocenters. The van der Waals surface area contributed by atoms with Crippen molar-refractivity contribution in [2.75, 3.05) is 0 Å². The summed E-state index contributed by atoms with van der Waals surface area (Å²) in [6.07, 6.45) is 3.20. The van der Waals surface area contributed by atoms with Crippen LogP contribution in [0.15, 0.2) is 60.1 Å². The van der Waals surface area contributed by atoms with Crippen LogP contribution in [0.5, 0.6) is 0 Å². The Morgan fingerprint density at radius 2 is 1.96 bits per heavy atom. The van der Waals surface area contributed by atoms with Crippen LogP contribution in [0, 0.1) is 5.82 Å². The van der Waals surface area contributed by atoms with Gasteiger partial charge in [-0.3, -0.25) is 4.79 Å². The summed E-state index contributed by atoms with van der Waals surface area (Å²) in [5.41, 5.74) is 8.06. The highest BCUT2D eigenvalue weighted by molar-refractivity contribution is 5.87. The lowest BCUT2D eigenvalue weighted by atomic mass is 10.1. The summed E-state index contributed by atoms with van der Waals surface area (Å²) in [6, 6.07) is 9.08. The highest BCUT2D eigenvalue weighted by atomic mass is 19.3. The molecular weight excluding hydrogens is 357 g/mol. The van der Waals surface area contributed by atoms with Crippen LogP contribution in [0.3, 0.4) is 0 Å². The monoisotopic (exact) mass is 374 g/mol. The number of nitrogens with zero attached hydrogens (tertiary/aromatic N) is 2. The maximum atomic E-state index is 13.1. The number of pyridine rings is 1. The lowest BCUT2D eigenvalue weighted by Crippen LogP contribution is -2.21. The van der Waals surface area contributed by atoms with Crippen molar-refractivity contribution in [2.45, 2.75) is 13.1 Å². The molecule has 3 N–H and O–H groups in total. The van der Waals surface area contributed by atoms with Gasteiger partial charge in [-0.05, 0) is 48.0 Å². The Morgan fingerprint density at radius 1 is 1.26 bits per heavy atom. The normalized spacial score (nSPS) is 11.8. The van der Waals surface area contributed by atoms with E-state index in [0.29, 0.717) is 22.5 Å². The van der Waals surface area contributed by atoms with E-state index in [1.807, 2.05) is 0 Å². The van der Waals surface area contributed by atoms with Gasteiger partial charge in [0.05, 0.1) is 17.1 Å². The molecule has 0 radical (unpaired) electrons. The Hall–Kier alpha value is -3.42. The highest BCUT2D eigenvalue weighted by Gasteiger charge is 2.11. The molecule has 0 saturated carbocycles. The highest BCUT2D eigenvalue weighted by Crippen LogP contribution is 2.22. The number of hydrogen-bond acceptors (Lipinski definition) is 4. The van der Waals surface area contributed by atoms with Crippen molar-refractivity contribution in [3.05, 3.63) is 72.2 Å². The molecule has 1 aromatic heterocycles. The Balaban J connectivity index is 2.42. The van der Waals surface area contributed by atoms with Gasteiger partial charge in [-0.25, -0.2) is 14.4 Å². The lowest BCUT2D eigenvalue weighted by Gasteiger charge is -2.12. The number of benzene rings is 1. The third kappa shape index (κ3) is 5.81. The van der Waals surface area contributed by atoms with Crippen molar-refractivity contribution in [3.8, 4) is 11.3 Å². The van der Waals surface area contributed by atoms with E-state index in [9.17, 15) is 18.0 Å². The number of nitrogens with one attached hydrogen (secondary N) is 1. The molecule has 27 heavy (non-hydrogen) atoms. The van der Waals surface area contributed by atoms with Gasteiger partial charge in [-0.15, -0.1) is 0 Å². The molecule has 0 spiro atoms. The van der Waals surface area contributed by atoms with Crippen molar-refractivity contribution >= 4 is 17.8 Å². The molecule has 0 aliphatic rings. The Labute approximate surface area is 154 Å². The van der Waals surface area contributed by atoms with E-state index in [4.69, 9.17) is 5.73 Å². The van der Waals surface area contributed by atoms with Crippen LogP contribution in [-0.4, -0.2) is 23.7 Å². The first kappa shape index (κ1) is 19.9. The fourth-order valence-electron chi connectivity index (χ4n) is 2.18. The number of rotatable bonds is 7. The lowest BCUT2D eigenvalue weighted by molar-refractivity contribution is -0.116. The Bertz CT molecular complexity index is 877. The number of carbonyl (C=O) groups is 1. The van der Waals surface area contributed by atoms with Crippen LogP contribution in [0.25, 0.3) is 17.0 Å². The maximum Gasteiger partial charge on any atom is 0.331 e. The average molecular weight is 374 g/mol. The quantitative estimate of drug-likeness (QED) is 0.443. The third-order valence-corrected chi connectivity index (χ3v) is 3.48. The van der Waals surface area contributed by atoms with Gasteiger partial charge in [0.25, 0.3) is 0 Å². The molecule has 2 rings (SSSR count). The molecule has 140 valence electrons. The second kappa shape index (κ2) is 9.33. The zero-order valence-electron chi connectivity index (χ0n) is 14.2. The van der Waals surface area contributed by atoms with Gasteiger partial charge in [0.15, 0.2) is 0 Å². The van der Waals surface area contributed by atoms with Crippen molar-refractivity contribution in [1.82, 2.24) is 10.3 Å². The molecule has 1 aromatic carbocycles. The number of carbonyl (C=O) groups excluding carboxylic acids is 1. The molecular formula is C19H17F3N4O. The number of aliphatic imine (C=N–C) groups is 1. The zero-order chi connectivity index (χ0) is 19.8. The third-order valence-electron chi connectivity index (χ3n) is 3.48. The number of hydrogen-bond donors (Lipinski definition) is 2. The first-order valence-electron chi connectivity index (χ1n) is 7.84. The summed E-state index contributed by atoms with van der Waals surface area (Å²) >= 11 is 0. The predicted molar refractivity (Wildman–Crippen MR) is 98.3 cm³/mol. The molecule has 0 saturated heterocycles. The Kier molecular flexibility index (Phi) is 6.87. The summed E-state index contributed by atoms with van der Waals surface area (Å²) in [5.74, 6) is -0.768. The minimum Gasteiger partial charge on any atom is -0.397 e. The van der Waals surface area contributed by atoms with Crippen LogP contribution in [0.2, 0.25) is 0 Å². The van der Waals surface area contributed by atoms with E-state index in [0.717, 1.165) is 12.3 Å². The summed E-state index contributed by atoms with van der Waals surface area (Å²) < 4.78 is 37.4. The van der Waals surface area contributed by atoms with Crippen LogP contribution in [-0.2, 0) is 11.3 Å². The summed E-state index contributed by atoms with van der Waals surface area (Å²) in [5, 5.41) is 2.60. The molecule has 0 atom stereocenters. The summed E-state index contributed by atoms with van der Waals surface area (Å²) in [7, 11) is 0. The molecule has 8 heteroatoms. The van der Waals surface area contributed by atoms with Crippen molar-refractivity contribution in [1.29, 1.82) is 0 Å². The molecule has 0 bridgehead atoms. The van der Waals surface area contributed by atoms with E-state index in [2.05, 4.69) is 21.9 Å². The van der Waals surface area contributed by atoms with Gasteiger partial charge >= 0.3 is 6.55 Å². The van der Waals surface area contributed by atoms with Gasteiger partial charge in [0.2, 0.25) is 5.91 Å². The zero-order valence-corrected chi connectivity index (χ0v) is 14.2. The smallest absolute Gasteiger partial charge is 0.331 e. The number of allylic oxidation sites excluding steroid dienone is 1. The molecule has 0 aliphatic carbocycles. The SMILES string of the molecule is C=CC(=O)NCc1ccc(-c2ccc(F)cc2)nc1/C(N)=C/C=N/C(F)F. The van der Waals surface area contributed by atoms with Crippen LogP contribution in [0.1, 0.15) is 11.3 Å². The fourth-order valence-corrected chi connectivity index (χ4v) is 2.18. The van der Waals surface area contributed by atoms with Crippen molar-refractivity contribution in [3.63, 3.8) is 0 Å². The van der Waals surface area contributed by atoms with E-state index in [1.165, 1.54) is 18.2 Å². The minimum atomic E-state index is -2.85. The molecule has 0 fully saturated rings. The minimum absolute atomic E-state index is 0.0891. The number of nitrogens with two attached hydrogens (primary N) is 1. The molecule has 2 aromatic rings. The van der Waals surface area contributed by atoms with Gasteiger partial charge in [-0.1, -0.05) is 12.6 Å². The van der Waals surface area contributed by atoms with E-state index < -0.39 is 6.55 Å². The van der Waals surface area contributed by atoms with E-state index in [1.54, 1.807) is 24.3 Å². The number of alkyl halides is 2. The fraction of sp³-hybridized carbons (Fsp3) is 0.105. The van der Waals surface area contributed by atoms with Gasteiger partial charge < -0.3 is 11.1 Å². The molecule has 0 aliphatic heterocycles. The Morgan fingerprint density at radius 3 is 2.59 bits per heavy atom. The van der Waals surface area contributed by atoms with Gasteiger partial charge in [0.1, 0.15) is 5.82 Å². The molecule has 1 heterocycles. The topological polar surface area (TPSA) is 80.4 Å².